The van der Waals surface area contributed by atoms with Crippen LogP contribution in [0, 0.1) is 0 Å². The number of hydrogen-bond donors (Lipinski definition) is 1. The predicted octanol–water partition coefficient (Wildman–Crippen LogP) is 3.98. The van der Waals surface area contributed by atoms with E-state index in [0.29, 0.717) is 23.1 Å². The molecule has 1 heterocycles. The van der Waals surface area contributed by atoms with E-state index in [4.69, 9.17) is 38.1 Å². The van der Waals surface area contributed by atoms with Crippen LogP contribution in [0.15, 0.2) is 34.7 Å². The molecule has 0 aliphatic carbocycles. The molecule has 0 amide bonds. The molecule has 0 aliphatic rings. The Bertz CT molecular complexity index is 554. The highest BCUT2D eigenvalue weighted by molar-refractivity contribution is 6.42. The Balaban J connectivity index is 2.06. The van der Waals surface area contributed by atoms with Gasteiger partial charge >= 0.3 is 0 Å². The smallest absolute Gasteiger partial charge is 0.129 e. The summed E-state index contributed by atoms with van der Waals surface area (Å²) in [5.74, 6) is 1.50. The van der Waals surface area contributed by atoms with E-state index >= 15 is 0 Å². The van der Waals surface area contributed by atoms with Gasteiger partial charge in [-0.15, -0.1) is 0 Å². The second kappa shape index (κ2) is 6.44. The van der Waals surface area contributed by atoms with Crippen molar-refractivity contribution in [2.45, 2.75) is 19.1 Å². The summed E-state index contributed by atoms with van der Waals surface area (Å²) in [7, 11) is 1.62. The minimum Gasteiger partial charge on any atom is -0.462 e. The minimum atomic E-state index is -0.220. The minimum absolute atomic E-state index is 0.220. The first kappa shape index (κ1) is 14.4. The molecule has 102 valence electrons. The van der Waals surface area contributed by atoms with E-state index in [1.54, 1.807) is 13.2 Å². The molecule has 0 radical (unpaired) electrons. The van der Waals surface area contributed by atoms with Gasteiger partial charge in [0.15, 0.2) is 0 Å². The van der Waals surface area contributed by atoms with E-state index in [0.717, 1.165) is 17.1 Å². The van der Waals surface area contributed by atoms with Crippen molar-refractivity contribution in [3.63, 3.8) is 0 Å². The number of rotatable bonds is 5. The van der Waals surface area contributed by atoms with Gasteiger partial charge in [-0.3, -0.25) is 0 Å². The molecule has 0 aliphatic heterocycles. The molecule has 1 aromatic heterocycles. The van der Waals surface area contributed by atoms with E-state index in [2.05, 4.69) is 0 Å². The lowest BCUT2D eigenvalue weighted by atomic mass is 10.1. The van der Waals surface area contributed by atoms with Crippen LogP contribution in [0.25, 0.3) is 0 Å². The molecule has 0 saturated heterocycles. The third-order valence-corrected chi connectivity index (χ3v) is 3.51. The first-order chi connectivity index (χ1) is 9.10. The topological polar surface area (TPSA) is 48.4 Å². The Morgan fingerprint density at radius 1 is 1.21 bits per heavy atom. The van der Waals surface area contributed by atoms with Gasteiger partial charge in [0.25, 0.3) is 0 Å². The average Bonchev–Trinajstić information content (AvgIpc) is 2.83. The first-order valence-corrected chi connectivity index (χ1v) is 6.63. The maximum Gasteiger partial charge on any atom is 0.129 e. The molecular formula is C14H15Cl2NO2. The van der Waals surface area contributed by atoms with Crippen LogP contribution >= 0.6 is 23.2 Å². The van der Waals surface area contributed by atoms with Gasteiger partial charge in [0, 0.05) is 7.11 Å². The van der Waals surface area contributed by atoms with Crippen molar-refractivity contribution in [1.29, 1.82) is 0 Å². The fourth-order valence-corrected chi connectivity index (χ4v) is 2.16. The predicted molar refractivity (Wildman–Crippen MR) is 76.5 cm³/mol. The summed E-state index contributed by atoms with van der Waals surface area (Å²) < 4.78 is 10.6. The summed E-state index contributed by atoms with van der Waals surface area (Å²) in [6.45, 7) is 0.444. The third-order valence-electron chi connectivity index (χ3n) is 2.77. The van der Waals surface area contributed by atoms with E-state index in [1.807, 2.05) is 24.3 Å². The van der Waals surface area contributed by atoms with Crippen LogP contribution in [0.1, 0.15) is 23.1 Å². The van der Waals surface area contributed by atoms with E-state index in [1.165, 1.54) is 0 Å². The molecule has 0 spiro atoms. The standard InChI is InChI=1S/C14H15Cl2NO2/c1-18-8-10-3-5-14(19-10)13(17)7-9-2-4-11(15)12(16)6-9/h2-6,13H,7-8,17H2,1H3. The molecule has 2 N–H and O–H groups in total. The van der Waals surface area contributed by atoms with Crippen LogP contribution in [0.2, 0.25) is 10.0 Å². The molecule has 1 atom stereocenters. The van der Waals surface area contributed by atoms with Crippen molar-refractivity contribution >= 4 is 23.2 Å². The molecule has 1 aromatic carbocycles. The molecular weight excluding hydrogens is 285 g/mol. The van der Waals surface area contributed by atoms with Gasteiger partial charge < -0.3 is 14.9 Å². The highest BCUT2D eigenvalue weighted by atomic mass is 35.5. The number of nitrogens with two attached hydrogens (primary N) is 1. The largest absolute Gasteiger partial charge is 0.462 e. The van der Waals surface area contributed by atoms with E-state index in [9.17, 15) is 0 Å². The van der Waals surface area contributed by atoms with Crippen molar-refractivity contribution in [3.05, 3.63) is 57.5 Å². The number of hydrogen-bond acceptors (Lipinski definition) is 3. The van der Waals surface area contributed by atoms with Crippen LogP contribution in [-0.4, -0.2) is 7.11 Å². The van der Waals surface area contributed by atoms with Crippen LogP contribution in [0.3, 0.4) is 0 Å². The van der Waals surface area contributed by atoms with Gasteiger partial charge in [0.2, 0.25) is 0 Å². The molecule has 1 unspecified atom stereocenters. The number of ether oxygens (including phenoxy) is 1. The van der Waals surface area contributed by atoms with Crippen molar-refractivity contribution in [3.8, 4) is 0 Å². The van der Waals surface area contributed by atoms with Gasteiger partial charge in [-0.1, -0.05) is 29.3 Å². The van der Waals surface area contributed by atoms with Gasteiger partial charge in [-0.2, -0.15) is 0 Å². The van der Waals surface area contributed by atoms with E-state index < -0.39 is 0 Å². The molecule has 0 fully saturated rings. The summed E-state index contributed by atoms with van der Waals surface area (Å²) in [5.41, 5.74) is 7.13. The average molecular weight is 300 g/mol. The summed E-state index contributed by atoms with van der Waals surface area (Å²) in [5, 5.41) is 1.07. The lowest BCUT2D eigenvalue weighted by Gasteiger charge is -2.09. The fourth-order valence-electron chi connectivity index (χ4n) is 1.83. The Hall–Kier alpha value is -1.00. The second-order valence-corrected chi connectivity index (χ2v) is 5.11. The molecule has 5 heteroatoms. The molecule has 2 aromatic rings. The molecule has 2 rings (SSSR count). The molecule has 3 nitrogen and oxygen atoms in total. The quantitative estimate of drug-likeness (QED) is 0.908. The maximum atomic E-state index is 6.11. The van der Waals surface area contributed by atoms with Crippen LogP contribution in [0.5, 0.6) is 0 Å². The van der Waals surface area contributed by atoms with Crippen molar-refractivity contribution < 1.29 is 9.15 Å². The van der Waals surface area contributed by atoms with Crippen LogP contribution in [-0.2, 0) is 17.8 Å². The van der Waals surface area contributed by atoms with Gasteiger partial charge in [-0.05, 0) is 36.2 Å². The van der Waals surface area contributed by atoms with Crippen molar-refractivity contribution in [2.24, 2.45) is 5.73 Å². The highest BCUT2D eigenvalue weighted by Crippen LogP contribution is 2.25. The van der Waals surface area contributed by atoms with Crippen LogP contribution in [0.4, 0.5) is 0 Å². The summed E-state index contributed by atoms with van der Waals surface area (Å²) in [6.07, 6.45) is 0.636. The second-order valence-electron chi connectivity index (χ2n) is 4.30. The normalized spacial score (nSPS) is 12.6. The number of furan rings is 1. The number of benzene rings is 1. The highest BCUT2D eigenvalue weighted by Gasteiger charge is 2.12. The van der Waals surface area contributed by atoms with Gasteiger partial charge in [0.1, 0.15) is 18.1 Å². The summed E-state index contributed by atoms with van der Waals surface area (Å²) in [4.78, 5) is 0. The third kappa shape index (κ3) is 3.74. The molecule has 0 saturated carbocycles. The maximum absolute atomic E-state index is 6.11. The number of methoxy groups -OCH3 is 1. The van der Waals surface area contributed by atoms with Gasteiger partial charge in [0.05, 0.1) is 16.1 Å². The summed E-state index contributed by atoms with van der Waals surface area (Å²) in [6, 6.07) is 9.02. The summed E-state index contributed by atoms with van der Waals surface area (Å²) >= 11 is 11.9. The lowest BCUT2D eigenvalue weighted by molar-refractivity contribution is 0.162. The SMILES string of the molecule is COCc1ccc(C(N)Cc2ccc(Cl)c(Cl)c2)o1. The Morgan fingerprint density at radius 2 is 2.00 bits per heavy atom. The van der Waals surface area contributed by atoms with Crippen LogP contribution < -0.4 is 5.73 Å². The lowest BCUT2D eigenvalue weighted by Crippen LogP contribution is -2.12. The zero-order valence-corrected chi connectivity index (χ0v) is 12.0. The number of halogens is 2. The Morgan fingerprint density at radius 3 is 2.68 bits per heavy atom. The zero-order chi connectivity index (χ0) is 13.8. The van der Waals surface area contributed by atoms with Crippen molar-refractivity contribution in [2.75, 3.05) is 7.11 Å². The van der Waals surface area contributed by atoms with E-state index in [-0.39, 0.29) is 6.04 Å². The molecule has 19 heavy (non-hydrogen) atoms. The monoisotopic (exact) mass is 299 g/mol. The first-order valence-electron chi connectivity index (χ1n) is 5.87. The Kier molecular flexibility index (Phi) is 4.88. The Labute approximate surface area is 122 Å². The fraction of sp³-hybridized carbons (Fsp3) is 0.286. The van der Waals surface area contributed by atoms with Crippen molar-refractivity contribution in [1.82, 2.24) is 0 Å². The molecule has 0 bridgehead atoms. The zero-order valence-electron chi connectivity index (χ0n) is 10.5. The van der Waals surface area contributed by atoms with Gasteiger partial charge in [-0.25, -0.2) is 0 Å².